The summed E-state index contributed by atoms with van der Waals surface area (Å²) in [5, 5.41) is 9.59. The van der Waals surface area contributed by atoms with Gasteiger partial charge in [0.15, 0.2) is 0 Å². The Bertz CT molecular complexity index is 3100. The normalized spacial score (nSPS) is 12.1. The minimum atomic E-state index is 0.912. The maximum atomic E-state index is 6.63. The van der Waals surface area contributed by atoms with Crippen molar-refractivity contribution in [2.24, 2.45) is 0 Å². The quantitative estimate of drug-likeness (QED) is 0.192. The molecule has 0 fully saturated rings. The van der Waals surface area contributed by atoms with E-state index in [0.29, 0.717) is 0 Å². The Labute approximate surface area is 281 Å². The molecule has 3 heterocycles. The topological polar surface area (TPSA) is 23.0 Å². The molecular formula is C46H28N2O. The first-order valence-corrected chi connectivity index (χ1v) is 16.8. The van der Waals surface area contributed by atoms with Gasteiger partial charge in [-0.2, -0.15) is 0 Å². The number of nitrogens with zero attached hydrogens (tertiary/aromatic N) is 2. The van der Waals surface area contributed by atoms with Crippen LogP contribution in [0.25, 0.3) is 98.8 Å². The molecule has 3 heteroatoms. The van der Waals surface area contributed by atoms with Crippen molar-refractivity contribution >= 4 is 76.3 Å². The lowest BCUT2D eigenvalue weighted by molar-refractivity contribution is 0.673. The number of para-hydroxylation sites is 3. The van der Waals surface area contributed by atoms with Crippen molar-refractivity contribution < 1.29 is 4.42 Å². The SMILES string of the molecule is c1ccc(-n2c3ccc(-c4ccc5c(c4)c4ccccc4n5-c4ccc5ccccc5c4)cc3c3c4oc5ccccc5c4ccc32)cc1. The van der Waals surface area contributed by atoms with Crippen LogP contribution >= 0.6 is 0 Å². The van der Waals surface area contributed by atoms with Gasteiger partial charge in [0.25, 0.3) is 0 Å². The predicted octanol–water partition coefficient (Wildman–Crippen LogP) is 12.6. The summed E-state index contributed by atoms with van der Waals surface area (Å²) >= 11 is 0. The molecule has 0 aliphatic carbocycles. The molecule has 3 aromatic heterocycles. The van der Waals surface area contributed by atoms with Crippen LogP contribution in [0.2, 0.25) is 0 Å². The van der Waals surface area contributed by atoms with E-state index in [0.717, 1.165) is 44.0 Å². The van der Waals surface area contributed by atoms with E-state index in [1.807, 2.05) is 6.07 Å². The highest BCUT2D eigenvalue weighted by Crippen LogP contribution is 2.42. The minimum Gasteiger partial charge on any atom is -0.455 e. The van der Waals surface area contributed by atoms with Crippen molar-refractivity contribution in [3.05, 3.63) is 170 Å². The standard InChI is InChI=1S/C46H28N2O/c1-2-12-33(13-3-1)47-42-24-20-32(28-39(42)45-43(47)25-22-37-36-15-7-9-17-44(36)49-46(37)45)31-19-23-41-38(27-31)35-14-6-8-16-40(35)48(41)34-21-18-29-10-4-5-11-30(29)26-34/h1-28H. The molecule has 0 aliphatic heterocycles. The van der Waals surface area contributed by atoms with Gasteiger partial charge in [-0.05, 0) is 94.7 Å². The van der Waals surface area contributed by atoms with Crippen molar-refractivity contribution in [1.82, 2.24) is 9.13 Å². The van der Waals surface area contributed by atoms with E-state index in [4.69, 9.17) is 4.42 Å². The van der Waals surface area contributed by atoms with Crippen LogP contribution < -0.4 is 0 Å². The fraction of sp³-hybridized carbons (Fsp3) is 0. The highest BCUT2D eigenvalue weighted by atomic mass is 16.3. The van der Waals surface area contributed by atoms with Gasteiger partial charge < -0.3 is 13.6 Å². The van der Waals surface area contributed by atoms with Crippen LogP contribution in [0.4, 0.5) is 0 Å². The van der Waals surface area contributed by atoms with Crippen LogP contribution in [0, 0.1) is 0 Å². The highest BCUT2D eigenvalue weighted by molar-refractivity contribution is 6.24. The molecule has 49 heavy (non-hydrogen) atoms. The minimum absolute atomic E-state index is 0.912. The number of hydrogen-bond acceptors (Lipinski definition) is 1. The van der Waals surface area contributed by atoms with E-state index in [2.05, 4.69) is 173 Å². The Morgan fingerprint density at radius 3 is 1.84 bits per heavy atom. The van der Waals surface area contributed by atoms with Gasteiger partial charge >= 0.3 is 0 Å². The molecule has 11 rings (SSSR count). The van der Waals surface area contributed by atoms with E-state index >= 15 is 0 Å². The maximum absolute atomic E-state index is 6.63. The summed E-state index contributed by atoms with van der Waals surface area (Å²) in [7, 11) is 0. The second kappa shape index (κ2) is 9.96. The van der Waals surface area contributed by atoms with E-state index in [1.165, 1.54) is 54.8 Å². The lowest BCUT2D eigenvalue weighted by atomic mass is 10.00. The number of fused-ring (bicyclic) bond motifs is 11. The molecule has 0 bridgehead atoms. The van der Waals surface area contributed by atoms with E-state index in [9.17, 15) is 0 Å². The highest BCUT2D eigenvalue weighted by Gasteiger charge is 2.20. The Morgan fingerprint density at radius 1 is 0.347 bits per heavy atom. The number of aromatic nitrogens is 2. The van der Waals surface area contributed by atoms with Crippen molar-refractivity contribution in [2.45, 2.75) is 0 Å². The third kappa shape index (κ3) is 3.78. The molecule has 228 valence electrons. The van der Waals surface area contributed by atoms with Crippen molar-refractivity contribution in [3.63, 3.8) is 0 Å². The molecular weight excluding hydrogens is 597 g/mol. The molecule has 0 unspecified atom stereocenters. The number of furan rings is 1. The zero-order valence-corrected chi connectivity index (χ0v) is 26.5. The average Bonchev–Trinajstić information content (AvgIpc) is 3.82. The van der Waals surface area contributed by atoms with Crippen LogP contribution in [-0.2, 0) is 0 Å². The van der Waals surface area contributed by atoms with Gasteiger partial charge in [0.1, 0.15) is 11.2 Å². The van der Waals surface area contributed by atoms with Crippen LogP contribution in [0.3, 0.4) is 0 Å². The molecule has 3 nitrogen and oxygen atoms in total. The molecule has 0 aliphatic rings. The van der Waals surface area contributed by atoms with Gasteiger partial charge in [0, 0.05) is 38.3 Å². The van der Waals surface area contributed by atoms with Crippen molar-refractivity contribution in [2.75, 3.05) is 0 Å². The molecule has 0 spiro atoms. The molecule has 0 amide bonds. The Kier molecular flexibility index (Phi) is 5.38. The van der Waals surface area contributed by atoms with Gasteiger partial charge in [-0.3, -0.25) is 0 Å². The van der Waals surface area contributed by atoms with E-state index in [-0.39, 0.29) is 0 Å². The number of hydrogen-bond donors (Lipinski definition) is 0. The summed E-state index contributed by atoms with van der Waals surface area (Å²) in [4.78, 5) is 0. The average molecular weight is 625 g/mol. The summed E-state index contributed by atoms with van der Waals surface area (Å²) in [5.41, 5.74) is 11.2. The van der Waals surface area contributed by atoms with Gasteiger partial charge in [-0.25, -0.2) is 0 Å². The second-order valence-electron chi connectivity index (χ2n) is 13.0. The summed E-state index contributed by atoms with van der Waals surface area (Å²) < 4.78 is 11.4. The first-order valence-electron chi connectivity index (χ1n) is 16.8. The lowest BCUT2D eigenvalue weighted by Gasteiger charge is -2.10. The van der Waals surface area contributed by atoms with Crippen LogP contribution in [-0.4, -0.2) is 9.13 Å². The smallest absolute Gasteiger partial charge is 0.145 e. The Hall–Kier alpha value is -6.58. The number of rotatable bonds is 3. The fourth-order valence-electron chi connectivity index (χ4n) is 8.07. The van der Waals surface area contributed by atoms with Crippen LogP contribution in [0.15, 0.2) is 174 Å². The van der Waals surface area contributed by atoms with Crippen molar-refractivity contribution in [1.29, 1.82) is 0 Å². The molecule has 0 radical (unpaired) electrons. The monoisotopic (exact) mass is 624 g/mol. The molecule has 0 atom stereocenters. The Balaban J connectivity index is 1.17. The predicted molar refractivity (Wildman–Crippen MR) is 205 cm³/mol. The summed E-state index contributed by atoms with van der Waals surface area (Å²) in [6.07, 6.45) is 0. The maximum Gasteiger partial charge on any atom is 0.145 e. The van der Waals surface area contributed by atoms with Crippen molar-refractivity contribution in [3.8, 4) is 22.5 Å². The number of benzene rings is 8. The first-order chi connectivity index (χ1) is 24.3. The third-order valence-electron chi connectivity index (χ3n) is 10.3. The molecule has 0 saturated carbocycles. The fourth-order valence-corrected chi connectivity index (χ4v) is 8.07. The van der Waals surface area contributed by atoms with Gasteiger partial charge in [-0.1, -0.05) is 97.1 Å². The van der Waals surface area contributed by atoms with Gasteiger partial charge in [-0.15, -0.1) is 0 Å². The third-order valence-corrected chi connectivity index (χ3v) is 10.3. The van der Waals surface area contributed by atoms with Crippen LogP contribution in [0.1, 0.15) is 0 Å². The van der Waals surface area contributed by atoms with E-state index in [1.54, 1.807) is 0 Å². The summed E-state index contributed by atoms with van der Waals surface area (Å²) in [6, 6.07) is 61.3. The summed E-state index contributed by atoms with van der Waals surface area (Å²) in [6.45, 7) is 0. The molecule has 0 saturated heterocycles. The lowest BCUT2D eigenvalue weighted by Crippen LogP contribution is -1.94. The molecule has 8 aromatic carbocycles. The molecule has 11 aromatic rings. The van der Waals surface area contributed by atoms with Crippen LogP contribution in [0.5, 0.6) is 0 Å². The Morgan fingerprint density at radius 2 is 0.980 bits per heavy atom. The van der Waals surface area contributed by atoms with Gasteiger partial charge in [0.2, 0.25) is 0 Å². The zero-order valence-electron chi connectivity index (χ0n) is 26.5. The first kappa shape index (κ1) is 26.5. The summed E-state index contributed by atoms with van der Waals surface area (Å²) in [5.74, 6) is 0. The largest absolute Gasteiger partial charge is 0.455 e. The molecule has 0 N–H and O–H groups in total. The zero-order chi connectivity index (χ0) is 32.1. The van der Waals surface area contributed by atoms with Gasteiger partial charge in [0.05, 0.1) is 27.5 Å². The second-order valence-corrected chi connectivity index (χ2v) is 13.0. The van der Waals surface area contributed by atoms with E-state index < -0.39 is 0 Å².